The zero-order valence-electron chi connectivity index (χ0n) is 17.3. The number of aryl methyl sites for hydroxylation is 1. The molecule has 0 saturated heterocycles. The van der Waals surface area contributed by atoms with Gasteiger partial charge in [0.15, 0.2) is 5.78 Å². The van der Waals surface area contributed by atoms with Crippen LogP contribution in [0.25, 0.3) is 0 Å². The van der Waals surface area contributed by atoms with Gasteiger partial charge in [-0.1, -0.05) is 54.6 Å². The van der Waals surface area contributed by atoms with Crippen molar-refractivity contribution in [2.75, 3.05) is 21.3 Å². The summed E-state index contributed by atoms with van der Waals surface area (Å²) in [6.45, 7) is 3.87. The summed E-state index contributed by atoms with van der Waals surface area (Å²) in [5.74, 6) is -0.0463. The van der Waals surface area contributed by atoms with Crippen molar-refractivity contribution < 1.29 is 22.8 Å². The fourth-order valence-corrected chi connectivity index (χ4v) is 4.84. The van der Waals surface area contributed by atoms with E-state index >= 15 is 0 Å². The molecule has 0 heterocycles. The average molecular weight is 403 g/mol. The summed E-state index contributed by atoms with van der Waals surface area (Å²) < 4.78 is 22.5. The third-order valence-corrected chi connectivity index (χ3v) is 7.39. The van der Waals surface area contributed by atoms with Crippen LogP contribution in [0.4, 0.5) is 0 Å². The summed E-state index contributed by atoms with van der Waals surface area (Å²) in [7, 11) is 2.07. The predicted molar refractivity (Wildman–Crippen MR) is 111 cm³/mol. The summed E-state index contributed by atoms with van der Waals surface area (Å²) in [4.78, 5) is 13.4. The molecule has 0 aliphatic carbocycles. The Kier molecular flexibility index (Phi) is 8.53. The summed E-state index contributed by atoms with van der Waals surface area (Å²) >= 11 is 0. The number of ether oxygens (including phenoxy) is 1. The fraction of sp³-hybridized carbons (Fsp3) is 0.409. The van der Waals surface area contributed by atoms with Crippen LogP contribution in [-0.2, 0) is 24.4 Å². The molecule has 152 valence electrons. The molecule has 0 fully saturated rings. The van der Waals surface area contributed by atoms with Crippen LogP contribution in [0.5, 0.6) is 0 Å². The highest BCUT2D eigenvalue weighted by atomic mass is 28.4. The number of carbonyl (C=O) groups excluding carboxylic acids is 1. The first-order valence-corrected chi connectivity index (χ1v) is 11.4. The van der Waals surface area contributed by atoms with E-state index in [1.54, 1.807) is 21.3 Å². The molecule has 0 saturated carbocycles. The highest BCUT2D eigenvalue weighted by molar-refractivity contribution is 6.60. The van der Waals surface area contributed by atoms with Gasteiger partial charge < -0.3 is 18.0 Å². The Morgan fingerprint density at radius 1 is 0.893 bits per heavy atom. The van der Waals surface area contributed by atoms with E-state index in [0.29, 0.717) is 18.0 Å². The lowest BCUT2D eigenvalue weighted by Gasteiger charge is -2.25. The van der Waals surface area contributed by atoms with Crippen LogP contribution in [0.1, 0.15) is 41.4 Å². The Balaban J connectivity index is 2.31. The van der Waals surface area contributed by atoms with Crippen molar-refractivity contribution >= 4 is 14.6 Å². The summed E-state index contributed by atoms with van der Waals surface area (Å²) in [6.07, 6.45) is -0.0965. The molecule has 0 aliphatic heterocycles. The Morgan fingerprint density at radius 2 is 1.46 bits per heavy atom. The second kappa shape index (κ2) is 10.6. The van der Waals surface area contributed by atoms with Crippen molar-refractivity contribution in [1.82, 2.24) is 0 Å². The van der Waals surface area contributed by atoms with E-state index in [9.17, 15) is 4.79 Å². The molecule has 2 aromatic carbocycles. The topological polar surface area (TPSA) is 54.0 Å². The van der Waals surface area contributed by atoms with E-state index in [1.807, 2.05) is 68.4 Å². The molecular weight excluding hydrogens is 372 g/mol. The second-order valence-corrected chi connectivity index (χ2v) is 9.88. The van der Waals surface area contributed by atoms with Gasteiger partial charge in [0.05, 0.1) is 6.10 Å². The van der Waals surface area contributed by atoms with Gasteiger partial charge in [-0.05, 0) is 31.4 Å². The number of rotatable bonds is 11. The van der Waals surface area contributed by atoms with Crippen LogP contribution >= 0.6 is 0 Å². The van der Waals surface area contributed by atoms with Crippen LogP contribution in [0.15, 0.2) is 54.6 Å². The van der Waals surface area contributed by atoms with Crippen LogP contribution < -0.4 is 0 Å². The smallest absolute Gasteiger partial charge is 0.377 e. The Labute approximate surface area is 169 Å². The van der Waals surface area contributed by atoms with Gasteiger partial charge in [-0.25, -0.2) is 0 Å². The van der Waals surface area contributed by atoms with Crippen molar-refractivity contribution in [2.24, 2.45) is 0 Å². The number of carbonyl (C=O) groups is 1. The molecule has 0 bridgehead atoms. The van der Waals surface area contributed by atoms with Gasteiger partial charge in [0.2, 0.25) is 0 Å². The summed E-state index contributed by atoms with van der Waals surface area (Å²) in [5.41, 5.74) is 2.44. The number of hydrogen-bond donors (Lipinski definition) is 0. The number of benzene rings is 2. The summed E-state index contributed by atoms with van der Waals surface area (Å²) in [5, 5.41) is 0. The minimum absolute atomic E-state index is 0.0463. The molecule has 0 aliphatic rings. The highest BCUT2D eigenvalue weighted by Gasteiger charge is 2.37. The molecule has 1 unspecified atom stereocenters. The van der Waals surface area contributed by atoms with Crippen molar-refractivity contribution in [2.45, 2.75) is 38.5 Å². The molecule has 0 spiro atoms. The zero-order chi connectivity index (χ0) is 20.6. The quantitative estimate of drug-likeness (QED) is 0.410. The molecule has 0 aromatic heterocycles. The maximum absolute atomic E-state index is 13.4. The van der Waals surface area contributed by atoms with E-state index in [0.717, 1.165) is 11.1 Å². The SMILES string of the molecule is CO[Si](CCc1ccccc1C(=O)C(OC(C)C)c1ccccc1)(OC)OC. The lowest BCUT2D eigenvalue weighted by Crippen LogP contribution is -2.43. The number of hydrogen-bond acceptors (Lipinski definition) is 5. The molecule has 0 N–H and O–H groups in total. The minimum atomic E-state index is -2.72. The molecular formula is C22H30O5Si. The Morgan fingerprint density at radius 3 is 2.04 bits per heavy atom. The maximum Gasteiger partial charge on any atom is 0.500 e. The molecule has 28 heavy (non-hydrogen) atoms. The van der Waals surface area contributed by atoms with Crippen molar-refractivity contribution in [1.29, 1.82) is 0 Å². The van der Waals surface area contributed by atoms with Crippen LogP contribution in [0, 0.1) is 0 Å². The van der Waals surface area contributed by atoms with E-state index < -0.39 is 14.9 Å². The fourth-order valence-electron chi connectivity index (χ4n) is 3.16. The highest BCUT2D eigenvalue weighted by Crippen LogP contribution is 2.27. The van der Waals surface area contributed by atoms with E-state index in [-0.39, 0.29) is 11.9 Å². The van der Waals surface area contributed by atoms with Crippen LogP contribution in [0.3, 0.4) is 0 Å². The van der Waals surface area contributed by atoms with E-state index in [4.69, 9.17) is 18.0 Å². The number of ketones is 1. The third kappa shape index (κ3) is 5.59. The Bertz CT molecular complexity index is 735. The monoisotopic (exact) mass is 402 g/mol. The van der Waals surface area contributed by atoms with Gasteiger partial charge in [-0.2, -0.15) is 0 Å². The van der Waals surface area contributed by atoms with Gasteiger partial charge in [-0.3, -0.25) is 4.79 Å². The maximum atomic E-state index is 13.4. The lowest BCUT2D eigenvalue weighted by molar-refractivity contribution is 0.0113. The minimum Gasteiger partial charge on any atom is -0.377 e. The molecule has 0 radical (unpaired) electrons. The summed E-state index contributed by atoms with van der Waals surface area (Å²) in [6, 6.07) is 17.8. The van der Waals surface area contributed by atoms with Crippen molar-refractivity contribution in [3.8, 4) is 0 Å². The van der Waals surface area contributed by atoms with Gasteiger partial charge in [-0.15, -0.1) is 0 Å². The average Bonchev–Trinajstić information content (AvgIpc) is 2.74. The molecule has 2 rings (SSSR count). The van der Waals surface area contributed by atoms with Gasteiger partial charge >= 0.3 is 8.80 Å². The second-order valence-electron chi connectivity index (χ2n) is 6.79. The standard InChI is InChI=1S/C22H30O5Si/c1-17(2)27-22(19-12-7-6-8-13-19)21(23)20-14-10-9-11-18(20)15-16-28(24-3,25-4)26-5/h6-14,17,22H,15-16H2,1-5H3. The van der Waals surface area contributed by atoms with Crippen molar-refractivity contribution in [3.63, 3.8) is 0 Å². The third-order valence-electron chi connectivity index (χ3n) is 4.67. The van der Waals surface area contributed by atoms with E-state index in [1.165, 1.54) is 0 Å². The molecule has 5 nitrogen and oxygen atoms in total. The zero-order valence-corrected chi connectivity index (χ0v) is 18.3. The molecule has 0 amide bonds. The largest absolute Gasteiger partial charge is 0.500 e. The Hall–Kier alpha value is -1.83. The molecule has 1 atom stereocenters. The van der Waals surface area contributed by atoms with Gasteiger partial charge in [0, 0.05) is 32.9 Å². The van der Waals surface area contributed by atoms with E-state index in [2.05, 4.69) is 0 Å². The van der Waals surface area contributed by atoms with Crippen LogP contribution in [0.2, 0.25) is 6.04 Å². The molecule has 6 heteroatoms. The van der Waals surface area contributed by atoms with Gasteiger partial charge in [0.1, 0.15) is 6.10 Å². The first-order chi connectivity index (χ1) is 13.5. The predicted octanol–water partition coefficient (Wildman–Crippen LogP) is 4.46. The van der Waals surface area contributed by atoms with Crippen molar-refractivity contribution in [3.05, 3.63) is 71.3 Å². The van der Waals surface area contributed by atoms with Gasteiger partial charge in [0.25, 0.3) is 0 Å². The lowest BCUT2D eigenvalue weighted by atomic mass is 9.95. The van der Waals surface area contributed by atoms with Crippen LogP contribution in [-0.4, -0.2) is 42.0 Å². The number of Topliss-reactive ketones (excluding diaryl/α,β-unsaturated/α-hetero) is 1. The normalized spacial score (nSPS) is 12.9. The molecule has 2 aromatic rings. The first kappa shape index (κ1) is 22.5. The first-order valence-electron chi connectivity index (χ1n) is 9.44.